The fraction of sp³-hybridized carbons (Fsp3) is 0.167. The lowest BCUT2D eigenvalue weighted by atomic mass is 10.6. The molecular formula is C6H9NO. The molecule has 0 aliphatic carbocycles. The minimum Gasteiger partial charge on any atom is -0.494 e. The van der Waals surface area contributed by atoms with Crippen LogP contribution in [0.4, 0.5) is 0 Å². The maximum Gasteiger partial charge on any atom is 0.206 e. The van der Waals surface area contributed by atoms with E-state index >= 15 is 0 Å². The summed E-state index contributed by atoms with van der Waals surface area (Å²) < 4.78 is 0. The van der Waals surface area contributed by atoms with Crippen molar-refractivity contribution in [2.24, 2.45) is 4.99 Å². The van der Waals surface area contributed by atoms with Crippen molar-refractivity contribution in [2.75, 3.05) is 0 Å². The highest BCUT2D eigenvalue weighted by atomic mass is 16.3. The summed E-state index contributed by atoms with van der Waals surface area (Å²) in [6.07, 6.45) is 4.43. The quantitative estimate of drug-likeness (QED) is 0.426. The maximum absolute atomic E-state index is 8.60. The van der Waals surface area contributed by atoms with Gasteiger partial charge in [0.15, 0.2) is 0 Å². The molecule has 0 bridgehead atoms. The van der Waals surface area contributed by atoms with Crippen LogP contribution in [0.15, 0.2) is 29.6 Å². The molecule has 0 amide bonds. The first-order valence-electron chi connectivity index (χ1n) is 2.31. The number of hydrogen-bond donors (Lipinski definition) is 1. The summed E-state index contributed by atoms with van der Waals surface area (Å²) in [4.78, 5) is 3.53. The number of nitrogens with zero attached hydrogens (tertiary/aromatic N) is 1. The van der Waals surface area contributed by atoms with Gasteiger partial charge >= 0.3 is 0 Å². The van der Waals surface area contributed by atoms with Crippen molar-refractivity contribution in [2.45, 2.75) is 6.92 Å². The predicted molar refractivity (Wildman–Crippen MR) is 35.1 cm³/mol. The number of aliphatic imine (C=N–C) groups is 1. The smallest absolute Gasteiger partial charge is 0.206 e. The Balaban J connectivity index is 3.69. The molecule has 0 aromatic heterocycles. The van der Waals surface area contributed by atoms with Crippen molar-refractivity contribution >= 4 is 6.21 Å². The van der Waals surface area contributed by atoms with Crippen LogP contribution < -0.4 is 0 Å². The van der Waals surface area contributed by atoms with Crippen molar-refractivity contribution in [3.05, 3.63) is 24.6 Å². The van der Waals surface area contributed by atoms with Gasteiger partial charge in [-0.15, -0.1) is 0 Å². The third kappa shape index (κ3) is 3.15. The topological polar surface area (TPSA) is 32.6 Å². The first-order valence-corrected chi connectivity index (χ1v) is 2.31. The van der Waals surface area contributed by atoms with Gasteiger partial charge in [0.25, 0.3) is 0 Å². The van der Waals surface area contributed by atoms with Crippen LogP contribution in [0, 0.1) is 0 Å². The SMILES string of the molecule is C=C/C=N\C(O)=C/C. The molecule has 1 N–H and O–H groups in total. The Hall–Kier alpha value is -1.05. The Kier molecular flexibility index (Phi) is 3.58. The molecule has 0 aromatic rings. The van der Waals surface area contributed by atoms with Crippen LogP contribution in [0.5, 0.6) is 0 Å². The van der Waals surface area contributed by atoms with E-state index in [2.05, 4.69) is 11.6 Å². The van der Waals surface area contributed by atoms with E-state index in [1.807, 2.05) is 0 Å². The zero-order valence-corrected chi connectivity index (χ0v) is 4.83. The van der Waals surface area contributed by atoms with E-state index in [4.69, 9.17) is 5.11 Å². The average Bonchev–Trinajstić information content (AvgIpc) is 1.83. The van der Waals surface area contributed by atoms with Crippen LogP contribution in [-0.4, -0.2) is 11.3 Å². The number of allylic oxidation sites excluding steroid dienone is 2. The van der Waals surface area contributed by atoms with Gasteiger partial charge in [-0.1, -0.05) is 12.7 Å². The fourth-order valence-electron chi connectivity index (χ4n) is 0.204. The summed E-state index contributed by atoms with van der Waals surface area (Å²) in [7, 11) is 0. The van der Waals surface area contributed by atoms with E-state index in [1.165, 1.54) is 18.4 Å². The van der Waals surface area contributed by atoms with Crippen LogP contribution in [0.25, 0.3) is 0 Å². The van der Waals surface area contributed by atoms with E-state index in [9.17, 15) is 0 Å². The monoisotopic (exact) mass is 111 g/mol. The lowest BCUT2D eigenvalue weighted by Crippen LogP contribution is -1.71. The van der Waals surface area contributed by atoms with E-state index in [0.717, 1.165) is 0 Å². The lowest BCUT2D eigenvalue weighted by Gasteiger charge is -1.81. The van der Waals surface area contributed by atoms with Gasteiger partial charge in [-0.2, -0.15) is 0 Å². The maximum atomic E-state index is 8.60. The Morgan fingerprint density at radius 3 is 2.75 bits per heavy atom. The van der Waals surface area contributed by atoms with E-state index in [-0.39, 0.29) is 5.88 Å². The average molecular weight is 111 g/mol. The third-order valence-electron chi connectivity index (χ3n) is 0.570. The highest BCUT2D eigenvalue weighted by Crippen LogP contribution is 1.85. The normalized spacial score (nSPS) is 12.4. The van der Waals surface area contributed by atoms with Gasteiger partial charge in [0, 0.05) is 6.21 Å². The first-order chi connectivity index (χ1) is 3.81. The summed E-state index contributed by atoms with van der Waals surface area (Å²) in [6, 6.07) is 0. The van der Waals surface area contributed by atoms with Crippen LogP contribution >= 0.6 is 0 Å². The molecule has 44 valence electrons. The molecule has 8 heavy (non-hydrogen) atoms. The molecule has 0 aliphatic rings. The molecule has 0 saturated heterocycles. The van der Waals surface area contributed by atoms with Gasteiger partial charge in [0.05, 0.1) is 0 Å². The molecule has 0 aromatic carbocycles. The molecule has 0 aliphatic heterocycles. The van der Waals surface area contributed by atoms with Gasteiger partial charge in [-0.25, -0.2) is 4.99 Å². The van der Waals surface area contributed by atoms with Gasteiger partial charge in [-0.05, 0) is 13.0 Å². The van der Waals surface area contributed by atoms with Gasteiger partial charge in [0.2, 0.25) is 5.88 Å². The van der Waals surface area contributed by atoms with Crippen molar-refractivity contribution in [3.63, 3.8) is 0 Å². The van der Waals surface area contributed by atoms with Crippen molar-refractivity contribution in [1.29, 1.82) is 0 Å². The van der Waals surface area contributed by atoms with Crippen LogP contribution in [0.3, 0.4) is 0 Å². The Morgan fingerprint density at radius 2 is 2.38 bits per heavy atom. The van der Waals surface area contributed by atoms with E-state index < -0.39 is 0 Å². The summed E-state index contributed by atoms with van der Waals surface area (Å²) in [5.41, 5.74) is 0. The second kappa shape index (κ2) is 4.12. The standard InChI is InChI=1S/C6H9NO/c1-3-5-7-6(8)4-2/h3-5,8H,1H2,2H3/b6-4+,7-5-. The van der Waals surface area contributed by atoms with Crippen molar-refractivity contribution in [3.8, 4) is 0 Å². The van der Waals surface area contributed by atoms with Crippen LogP contribution in [0.1, 0.15) is 6.92 Å². The minimum atomic E-state index is 0.0184. The predicted octanol–water partition coefficient (Wildman–Crippen LogP) is 1.66. The highest BCUT2D eigenvalue weighted by Gasteiger charge is 1.74. The Bertz CT molecular complexity index is 124. The van der Waals surface area contributed by atoms with Crippen LogP contribution in [-0.2, 0) is 0 Å². The van der Waals surface area contributed by atoms with Crippen molar-refractivity contribution in [1.82, 2.24) is 0 Å². The number of rotatable bonds is 2. The summed E-state index contributed by atoms with van der Waals surface area (Å²) in [6.45, 7) is 5.08. The number of aliphatic hydroxyl groups is 1. The molecule has 0 spiro atoms. The first kappa shape index (κ1) is 6.95. The van der Waals surface area contributed by atoms with Crippen LogP contribution in [0.2, 0.25) is 0 Å². The van der Waals surface area contributed by atoms with Gasteiger partial charge in [-0.3, -0.25) is 0 Å². The number of aliphatic hydroxyl groups excluding tert-OH is 1. The minimum absolute atomic E-state index is 0.0184. The van der Waals surface area contributed by atoms with Gasteiger partial charge in [0.1, 0.15) is 0 Å². The van der Waals surface area contributed by atoms with E-state index in [1.54, 1.807) is 6.92 Å². The Labute approximate surface area is 48.9 Å². The molecule has 0 radical (unpaired) electrons. The Morgan fingerprint density at radius 1 is 1.75 bits per heavy atom. The molecule has 0 heterocycles. The van der Waals surface area contributed by atoms with Crippen molar-refractivity contribution < 1.29 is 5.11 Å². The third-order valence-corrected chi connectivity index (χ3v) is 0.570. The molecule has 0 unspecified atom stereocenters. The number of hydrogen-bond acceptors (Lipinski definition) is 2. The molecular weight excluding hydrogens is 102 g/mol. The molecule has 0 saturated carbocycles. The second-order valence-electron chi connectivity index (χ2n) is 1.16. The molecule has 2 nitrogen and oxygen atoms in total. The second-order valence-corrected chi connectivity index (χ2v) is 1.16. The van der Waals surface area contributed by atoms with Gasteiger partial charge < -0.3 is 5.11 Å². The molecule has 0 atom stereocenters. The molecule has 2 heteroatoms. The molecule has 0 rings (SSSR count). The zero-order valence-electron chi connectivity index (χ0n) is 4.83. The summed E-state index contributed by atoms with van der Waals surface area (Å²) in [5.74, 6) is 0.0184. The summed E-state index contributed by atoms with van der Waals surface area (Å²) in [5, 5.41) is 8.60. The molecule has 0 fully saturated rings. The fourth-order valence-corrected chi connectivity index (χ4v) is 0.204. The lowest BCUT2D eigenvalue weighted by molar-refractivity contribution is 0.406. The zero-order chi connectivity index (χ0) is 6.41. The largest absolute Gasteiger partial charge is 0.494 e. The van der Waals surface area contributed by atoms with E-state index in [0.29, 0.717) is 0 Å². The highest BCUT2D eigenvalue weighted by molar-refractivity contribution is 5.70. The summed E-state index contributed by atoms with van der Waals surface area (Å²) >= 11 is 0.